The molecule has 0 saturated carbocycles. The minimum Gasteiger partial charge on any atom is -0.274 e. The lowest BCUT2D eigenvalue weighted by Crippen LogP contribution is -2.39. The van der Waals surface area contributed by atoms with Crippen molar-refractivity contribution in [3.63, 3.8) is 0 Å². The molecule has 4 aromatic rings. The number of H-pyrrole nitrogens is 1. The highest BCUT2D eigenvalue weighted by Crippen LogP contribution is 2.30. The maximum Gasteiger partial charge on any atom is 0.246 e. The van der Waals surface area contributed by atoms with Gasteiger partial charge in [-0.3, -0.25) is 19.0 Å². The number of nitrogens with one attached hydrogen (secondary N) is 1. The zero-order valence-electron chi connectivity index (χ0n) is 19.0. The summed E-state index contributed by atoms with van der Waals surface area (Å²) >= 11 is 5.52. The van der Waals surface area contributed by atoms with Crippen LogP contribution in [0.25, 0.3) is 5.69 Å². The number of benzene rings is 1. The summed E-state index contributed by atoms with van der Waals surface area (Å²) in [7, 11) is -1.92. The minimum absolute atomic E-state index is 0.103. The summed E-state index contributed by atoms with van der Waals surface area (Å²) in [6.45, 7) is 3.50. The second-order valence-corrected chi connectivity index (χ2v) is 11.0. The van der Waals surface area contributed by atoms with Crippen LogP contribution in [-0.2, 0) is 23.6 Å². The van der Waals surface area contributed by atoms with Gasteiger partial charge >= 0.3 is 0 Å². The topological polar surface area (TPSA) is 107 Å². The maximum absolute atomic E-state index is 13.1. The van der Waals surface area contributed by atoms with Crippen molar-refractivity contribution in [3.8, 4) is 5.69 Å². The predicted octanol–water partition coefficient (Wildman–Crippen LogP) is 2.78. The van der Waals surface area contributed by atoms with Crippen LogP contribution in [0.2, 0.25) is 0 Å². The Morgan fingerprint density at radius 2 is 1.94 bits per heavy atom. The number of hydrogen-bond donors (Lipinski definition) is 1. The molecule has 0 unspecified atom stereocenters. The summed E-state index contributed by atoms with van der Waals surface area (Å²) in [5.74, 6) is 0.611. The molecule has 1 N–H and O–H groups in total. The molecular weight excluding hydrogens is 472 g/mol. The molecule has 0 radical (unpaired) electrons. The molecule has 34 heavy (non-hydrogen) atoms. The van der Waals surface area contributed by atoms with Gasteiger partial charge in [-0.25, -0.2) is 8.42 Å². The highest BCUT2D eigenvalue weighted by Gasteiger charge is 2.34. The second kappa shape index (κ2) is 8.93. The first-order chi connectivity index (χ1) is 16.3. The molecule has 3 aromatic heterocycles. The van der Waals surface area contributed by atoms with Gasteiger partial charge in [0.1, 0.15) is 10.7 Å². The van der Waals surface area contributed by atoms with E-state index in [0.717, 1.165) is 24.1 Å². The smallest absolute Gasteiger partial charge is 0.246 e. The number of aryl methyl sites for hydroxylation is 2. The molecule has 0 aliphatic carbocycles. The molecule has 1 aliphatic rings. The summed E-state index contributed by atoms with van der Waals surface area (Å²) in [5, 5.41) is 15.9. The molecule has 1 aromatic carbocycles. The molecule has 5 rings (SSSR count). The van der Waals surface area contributed by atoms with E-state index in [1.54, 1.807) is 13.2 Å². The number of piperidine rings is 1. The van der Waals surface area contributed by atoms with Crippen molar-refractivity contribution < 1.29 is 8.42 Å². The van der Waals surface area contributed by atoms with Gasteiger partial charge in [-0.15, -0.1) is 0 Å². The Hall–Kier alpha value is -3.09. The molecule has 1 saturated heterocycles. The van der Waals surface area contributed by atoms with E-state index in [1.165, 1.54) is 26.9 Å². The van der Waals surface area contributed by atoms with Crippen molar-refractivity contribution >= 4 is 22.2 Å². The van der Waals surface area contributed by atoms with E-state index in [9.17, 15) is 8.42 Å². The van der Waals surface area contributed by atoms with Crippen LogP contribution < -0.4 is 0 Å². The lowest BCUT2D eigenvalue weighted by Gasteiger charge is -2.31. The van der Waals surface area contributed by atoms with Crippen LogP contribution in [0.5, 0.6) is 0 Å². The Labute approximate surface area is 202 Å². The highest BCUT2D eigenvalue weighted by molar-refractivity contribution is 7.89. The van der Waals surface area contributed by atoms with Gasteiger partial charge in [0.25, 0.3) is 0 Å². The fourth-order valence-corrected chi connectivity index (χ4v) is 6.07. The summed E-state index contributed by atoms with van der Waals surface area (Å²) < 4.78 is 33.5. The van der Waals surface area contributed by atoms with Crippen molar-refractivity contribution in [1.82, 2.24) is 38.6 Å². The molecule has 1 aliphatic heterocycles. The third-order valence-electron chi connectivity index (χ3n) is 6.11. The van der Waals surface area contributed by atoms with Crippen molar-refractivity contribution in [2.75, 3.05) is 13.1 Å². The van der Waals surface area contributed by atoms with Gasteiger partial charge in [-0.05, 0) is 37.5 Å². The standard InChI is InChI=1S/C22H26N8O2S2/c1-16-5-7-17(8-6-16)12-28-14-19(10-24-28)30-21(25-26-22(30)33)18-4-3-9-29(13-18)34(31,32)20-11-23-27(2)15-20/h5-8,10-11,14-15,18H,3-4,9,12-13H2,1-2H3,(H,26,33)/t18-/m1/s1. The first-order valence-electron chi connectivity index (χ1n) is 11.1. The summed E-state index contributed by atoms with van der Waals surface area (Å²) in [5.41, 5.74) is 3.17. The van der Waals surface area contributed by atoms with Crippen LogP contribution >= 0.6 is 12.2 Å². The van der Waals surface area contributed by atoms with E-state index >= 15 is 0 Å². The average molecular weight is 499 g/mol. The van der Waals surface area contributed by atoms with Crippen LogP contribution in [-0.4, -0.2) is 60.1 Å². The van der Waals surface area contributed by atoms with Gasteiger partial charge < -0.3 is 0 Å². The molecular formula is C22H26N8O2S2. The summed E-state index contributed by atoms with van der Waals surface area (Å²) in [4.78, 5) is 0.201. The van der Waals surface area contributed by atoms with Crippen molar-refractivity contribution in [2.45, 2.75) is 37.1 Å². The number of hydrogen-bond acceptors (Lipinski definition) is 6. The Morgan fingerprint density at radius 1 is 1.15 bits per heavy atom. The van der Waals surface area contributed by atoms with Gasteiger partial charge in [-0.2, -0.15) is 19.6 Å². The maximum atomic E-state index is 13.1. The van der Waals surface area contributed by atoms with Crippen LogP contribution in [0.4, 0.5) is 0 Å². The molecule has 10 nitrogen and oxygen atoms in total. The van der Waals surface area contributed by atoms with Crippen LogP contribution in [0.3, 0.4) is 0 Å². The van der Waals surface area contributed by atoms with E-state index in [4.69, 9.17) is 12.2 Å². The van der Waals surface area contributed by atoms with Crippen molar-refractivity contribution in [1.29, 1.82) is 0 Å². The van der Waals surface area contributed by atoms with E-state index in [-0.39, 0.29) is 10.8 Å². The minimum atomic E-state index is -3.63. The first kappa shape index (κ1) is 22.7. The fraction of sp³-hybridized carbons (Fsp3) is 0.364. The average Bonchev–Trinajstić information content (AvgIpc) is 3.55. The van der Waals surface area contributed by atoms with Gasteiger partial charge in [0.15, 0.2) is 4.77 Å². The fourth-order valence-electron chi connectivity index (χ4n) is 4.32. The van der Waals surface area contributed by atoms with Crippen LogP contribution in [0, 0.1) is 11.7 Å². The quantitative estimate of drug-likeness (QED) is 0.410. The molecule has 1 fully saturated rings. The SMILES string of the molecule is Cc1ccc(Cn2cc(-n3c([C@@H]4CCCN(S(=O)(=O)c5cnn(C)c5)C4)n[nH]c3=S)cn2)cc1. The Kier molecular flexibility index (Phi) is 5.96. The number of sulfonamides is 1. The van der Waals surface area contributed by atoms with E-state index < -0.39 is 10.0 Å². The molecule has 12 heteroatoms. The Bertz CT molecular complexity index is 1460. The molecule has 178 valence electrons. The van der Waals surface area contributed by atoms with Gasteiger partial charge in [0.2, 0.25) is 10.0 Å². The molecule has 4 heterocycles. The zero-order valence-corrected chi connectivity index (χ0v) is 20.6. The van der Waals surface area contributed by atoms with Crippen molar-refractivity contribution in [3.05, 3.63) is 70.8 Å². The normalized spacial score (nSPS) is 17.3. The second-order valence-electron chi connectivity index (χ2n) is 8.66. The zero-order chi connectivity index (χ0) is 23.9. The highest BCUT2D eigenvalue weighted by atomic mass is 32.2. The monoisotopic (exact) mass is 498 g/mol. The van der Waals surface area contributed by atoms with E-state index in [2.05, 4.69) is 51.6 Å². The third-order valence-corrected chi connectivity index (χ3v) is 8.20. The van der Waals surface area contributed by atoms with Crippen LogP contribution in [0.1, 0.15) is 35.7 Å². The Morgan fingerprint density at radius 3 is 2.68 bits per heavy atom. The largest absolute Gasteiger partial charge is 0.274 e. The molecule has 0 amide bonds. The predicted molar refractivity (Wildman–Crippen MR) is 129 cm³/mol. The molecule has 1 atom stereocenters. The molecule has 0 bridgehead atoms. The van der Waals surface area contributed by atoms with Crippen molar-refractivity contribution in [2.24, 2.45) is 7.05 Å². The summed E-state index contributed by atoms with van der Waals surface area (Å²) in [6.07, 6.45) is 8.15. The number of aromatic nitrogens is 7. The van der Waals surface area contributed by atoms with E-state index in [1.807, 2.05) is 15.4 Å². The van der Waals surface area contributed by atoms with Crippen LogP contribution in [0.15, 0.2) is 53.9 Å². The molecule has 0 spiro atoms. The third kappa shape index (κ3) is 4.36. The Balaban J connectivity index is 1.40. The lowest BCUT2D eigenvalue weighted by atomic mass is 9.99. The summed E-state index contributed by atoms with van der Waals surface area (Å²) in [6, 6.07) is 8.34. The van der Waals surface area contributed by atoms with E-state index in [0.29, 0.717) is 30.2 Å². The van der Waals surface area contributed by atoms with Gasteiger partial charge in [0.05, 0.1) is 24.6 Å². The number of aromatic amines is 1. The number of rotatable bonds is 6. The first-order valence-corrected chi connectivity index (χ1v) is 12.9. The van der Waals surface area contributed by atoms with Gasteiger partial charge in [0, 0.05) is 38.4 Å². The van der Waals surface area contributed by atoms with Gasteiger partial charge in [-0.1, -0.05) is 29.8 Å². The number of nitrogens with zero attached hydrogens (tertiary/aromatic N) is 7. The lowest BCUT2D eigenvalue weighted by molar-refractivity contribution is 0.307.